The van der Waals surface area contributed by atoms with Gasteiger partial charge in [-0.25, -0.2) is 0 Å². The Morgan fingerprint density at radius 1 is 1.23 bits per heavy atom. The minimum absolute atomic E-state index is 0.144. The van der Waals surface area contributed by atoms with Crippen molar-refractivity contribution in [3.05, 3.63) is 58.3 Å². The molecule has 0 N–H and O–H groups in total. The first-order chi connectivity index (χ1) is 12.6. The molecule has 1 aromatic heterocycles. The predicted octanol–water partition coefficient (Wildman–Crippen LogP) is 2.56. The molecule has 8 heteroatoms. The molecule has 0 bridgehead atoms. The van der Waals surface area contributed by atoms with E-state index in [2.05, 4.69) is 4.90 Å². The molecule has 0 saturated carbocycles. The van der Waals surface area contributed by atoms with Crippen molar-refractivity contribution in [3.63, 3.8) is 0 Å². The second-order valence-electron chi connectivity index (χ2n) is 5.78. The number of rotatable bonds is 5. The van der Waals surface area contributed by atoms with Gasteiger partial charge in [0.25, 0.3) is 0 Å². The van der Waals surface area contributed by atoms with Crippen molar-refractivity contribution in [2.24, 2.45) is 0 Å². The van der Waals surface area contributed by atoms with Crippen LogP contribution in [0.1, 0.15) is 5.76 Å². The molecule has 3 rings (SSSR count). The van der Waals surface area contributed by atoms with Gasteiger partial charge in [0.2, 0.25) is 5.91 Å². The molecule has 0 radical (unpaired) electrons. The van der Waals surface area contributed by atoms with E-state index in [1.807, 2.05) is 24.3 Å². The molecular formula is C18H19N3O5. The molecule has 0 unspecified atom stereocenters. The molecule has 2 heterocycles. The first kappa shape index (κ1) is 17.5. The van der Waals surface area contributed by atoms with E-state index in [-0.39, 0.29) is 17.6 Å². The molecule has 26 heavy (non-hydrogen) atoms. The molecule has 136 valence electrons. The van der Waals surface area contributed by atoms with E-state index in [0.717, 1.165) is 24.5 Å². The first-order valence-electron chi connectivity index (χ1n) is 8.17. The molecule has 1 amide bonds. The molecule has 1 fully saturated rings. The van der Waals surface area contributed by atoms with Gasteiger partial charge in [-0.2, -0.15) is 0 Å². The van der Waals surface area contributed by atoms with Crippen LogP contribution in [0.3, 0.4) is 0 Å². The molecule has 8 nitrogen and oxygen atoms in total. The summed E-state index contributed by atoms with van der Waals surface area (Å²) < 4.78 is 10.2. The van der Waals surface area contributed by atoms with Gasteiger partial charge in [0.1, 0.15) is 16.4 Å². The highest BCUT2D eigenvalue weighted by molar-refractivity contribution is 5.91. The second-order valence-corrected chi connectivity index (χ2v) is 5.78. The van der Waals surface area contributed by atoms with E-state index in [1.165, 1.54) is 24.3 Å². The van der Waals surface area contributed by atoms with Crippen LogP contribution in [-0.4, -0.2) is 49.0 Å². The van der Waals surface area contributed by atoms with E-state index < -0.39 is 4.92 Å². The lowest BCUT2D eigenvalue weighted by atomic mass is 10.2. The van der Waals surface area contributed by atoms with Crippen LogP contribution in [0, 0.1) is 10.1 Å². The Hall–Kier alpha value is -3.29. The highest BCUT2D eigenvalue weighted by atomic mass is 16.6. The van der Waals surface area contributed by atoms with E-state index >= 15 is 0 Å². The topological polar surface area (TPSA) is 89.1 Å². The molecule has 1 aromatic carbocycles. The number of hydrogen-bond donors (Lipinski definition) is 0. The molecule has 0 spiro atoms. The largest absolute Gasteiger partial charge is 0.497 e. The monoisotopic (exact) mass is 357 g/mol. The van der Waals surface area contributed by atoms with Gasteiger partial charge >= 0.3 is 5.88 Å². The van der Waals surface area contributed by atoms with Crippen LogP contribution in [0.5, 0.6) is 5.75 Å². The zero-order valence-corrected chi connectivity index (χ0v) is 14.3. The fourth-order valence-corrected chi connectivity index (χ4v) is 2.78. The van der Waals surface area contributed by atoms with Crippen LogP contribution in [0.25, 0.3) is 6.08 Å². The molecule has 2 aromatic rings. The van der Waals surface area contributed by atoms with Gasteiger partial charge in [-0.3, -0.25) is 14.9 Å². The Morgan fingerprint density at radius 2 is 2.00 bits per heavy atom. The number of amides is 1. The average molecular weight is 357 g/mol. The number of ether oxygens (including phenoxy) is 1. The van der Waals surface area contributed by atoms with Crippen molar-refractivity contribution in [2.45, 2.75) is 0 Å². The smallest absolute Gasteiger partial charge is 0.433 e. The zero-order chi connectivity index (χ0) is 18.5. The average Bonchev–Trinajstić information content (AvgIpc) is 3.16. The van der Waals surface area contributed by atoms with Crippen molar-refractivity contribution in [1.82, 2.24) is 4.90 Å². The lowest BCUT2D eigenvalue weighted by molar-refractivity contribution is -0.402. The van der Waals surface area contributed by atoms with Crippen LogP contribution in [0.2, 0.25) is 0 Å². The van der Waals surface area contributed by atoms with Crippen molar-refractivity contribution >= 4 is 23.6 Å². The number of nitrogens with zero attached hydrogens (tertiary/aromatic N) is 3. The summed E-state index contributed by atoms with van der Waals surface area (Å²) in [6.07, 6.45) is 2.83. The number of piperazine rings is 1. The Morgan fingerprint density at radius 3 is 2.65 bits per heavy atom. The van der Waals surface area contributed by atoms with Gasteiger partial charge in [-0.05, 0) is 24.3 Å². The fourth-order valence-electron chi connectivity index (χ4n) is 2.78. The number of hydrogen-bond acceptors (Lipinski definition) is 6. The lowest BCUT2D eigenvalue weighted by Crippen LogP contribution is -2.48. The standard InChI is InChI=1S/C18H19N3O5/c1-25-16-4-2-3-14(13-16)19-9-11-20(12-10-19)17(22)7-5-15-6-8-18(26-15)21(23)24/h2-8,13H,9-12H2,1H3/b7-5+. The second kappa shape index (κ2) is 7.73. The quantitative estimate of drug-likeness (QED) is 0.464. The van der Waals surface area contributed by atoms with Gasteiger partial charge in [-0.1, -0.05) is 6.07 Å². The van der Waals surface area contributed by atoms with Gasteiger partial charge in [0, 0.05) is 44.0 Å². The number of furan rings is 1. The Bertz CT molecular complexity index is 822. The lowest BCUT2D eigenvalue weighted by Gasteiger charge is -2.35. The third-order valence-electron chi connectivity index (χ3n) is 4.19. The van der Waals surface area contributed by atoms with Gasteiger partial charge in [0.15, 0.2) is 0 Å². The summed E-state index contributed by atoms with van der Waals surface area (Å²) >= 11 is 0. The van der Waals surface area contributed by atoms with E-state index in [9.17, 15) is 14.9 Å². The molecule has 1 saturated heterocycles. The molecule has 0 atom stereocenters. The number of carbonyl (C=O) groups is 1. The fraction of sp³-hybridized carbons (Fsp3) is 0.278. The van der Waals surface area contributed by atoms with Crippen LogP contribution >= 0.6 is 0 Å². The van der Waals surface area contributed by atoms with Crippen molar-refractivity contribution in [3.8, 4) is 5.75 Å². The minimum Gasteiger partial charge on any atom is -0.497 e. The third-order valence-corrected chi connectivity index (χ3v) is 4.19. The number of nitro groups is 1. The summed E-state index contributed by atoms with van der Waals surface area (Å²) in [5.41, 5.74) is 1.06. The summed E-state index contributed by atoms with van der Waals surface area (Å²) in [6.45, 7) is 2.63. The number of benzene rings is 1. The maximum atomic E-state index is 12.3. The van der Waals surface area contributed by atoms with Crippen molar-refractivity contribution in [1.29, 1.82) is 0 Å². The highest BCUT2D eigenvalue weighted by Gasteiger charge is 2.20. The molecule has 1 aliphatic heterocycles. The summed E-state index contributed by atoms with van der Waals surface area (Å²) in [7, 11) is 1.63. The summed E-state index contributed by atoms with van der Waals surface area (Å²) in [5, 5.41) is 10.6. The van der Waals surface area contributed by atoms with E-state index in [0.29, 0.717) is 13.1 Å². The predicted molar refractivity (Wildman–Crippen MR) is 96.2 cm³/mol. The van der Waals surface area contributed by atoms with Crippen LogP contribution in [-0.2, 0) is 4.79 Å². The maximum Gasteiger partial charge on any atom is 0.433 e. The van der Waals surface area contributed by atoms with E-state index in [4.69, 9.17) is 9.15 Å². The summed E-state index contributed by atoms with van der Waals surface area (Å²) in [5.74, 6) is 0.592. The Kier molecular flexibility index (Phi) is 5.21. The van der Waals surface area contributed by atoms with Crippen molar-refractivity contribution < 1.29 is 18.9 Å². The molecule has 1 aliphatic rings. The SMILES string of the molecule is COc1cccc(N2CCN(C(=O)/C=C/c3ccc([N+](=O)[O-])o3)CC2)c1. The van der Waals surface area contributed by atoms with Crippen LogP contribution < -0.4 is 9.64 Å². The minimum atomic E-state index is -0.614. The normalized spacial score (nSPS) is 14.7. The number of anilines is 1. The Balaban J connectivity index is 1.56. The summed E-state index contributed by atoms with van der Waals surface area (Å²) in [6, 6.07) is 10.6. The Labute approximate surface area is 150 Å². The van der Waals surface area contributed by atoms with Crippen LogP contribution in [0.4, 0.5) is 11.6 Å². The molecular weight excluding hydrogens is 338 g/mol. The molecule has 0 aliphatic carbocycles. The van der Waals surface area contributed by atoms with Crippen LogP contribution in [0.15, 0.2) is 46.9 Å². The highest BCUT2D eigenvalue weighted by Crippen LogP contribution is 2.22. The summed E-state index contributed by atoms with van der Waals surface area (Å²) in [4.78, 5) is 26.2. The van der Waals surface area contributed by atoms with Gasteiger partial charge < -0.3 is 19.0 Å². The number of methoxy groups -OCH3 is 1. The third kappa shape index (κ3) is 4.02. The van der Waals surface area contributed by atoms with Gasteiger partial charge in [-0.15, -0.1) is 0 Å². The number of carbonyl (C=O) groups excluding carboxylic acids is 1. The van der Waals surface area contributed by atoms with E-state index in [1.54, 1.807) is 12.0 Å². The van der Waals surface area contributed by atoms with Crippen molar-refractivity contribution in [2.75, 3.05) is 38.2 Å². The zero-order valence-electron chi connectivity index (χ0n) is 14.3. The first-order valence-corrected chi connectivity index (χ1v) is 8.17. The van der Waals surface area contributed by atoms with Gasteiger partial charge in [0.05, 0.1) is 13.2 Å². The maximum absolute atomic E-state index is 12.3.